The number of carboxylic acids is 1. The summed E-state index contributed by atoms with van der Waals surface area (Å²) in [5, 5.41) is 9.29. The molecule has 0 aliphatic carbocycles. The van der Waals surface area contributed by atoms with Crippen LogP contribution in [-0.4, -0.2) is 35.0 Å². The van der Waals surface area contributed by atoms with Gasteiger partial charge in [-0.3, -0.25) is 9.59 Å². The Labute approximate surface area is 157 Å². The van der Waals surface area contributed by atoms with E-state index >= 15 is 0 Å². The molecule has 2 heterocycles. The van der Waals surface area contributed by atoms with Crippen LogP contribution >= 0.6 is 0 Å². The molecule has 1 amide bonds. The van der Waals surface area contributed by atoms with Crippen molar-refractivity contribution in [3.05, 3.63) is 59.2 Å². The third-order valence-corrected chi connectivity index (χ3v) is 5.71. The van der Waals surface area contributed by atoms with E-state index in [-0.39, 0.29) is 17.5 Å². The molecule has 0 radical (unpaired) electrons. The fourth-order valence-corrected chi connectivity index (χ4v) is 3.76. The second kappa shape index (κ2) is 6.16. The number of nitrogens with one attached hydrogen (secondary N) is 3. The number of amides is 1. The number of benzene rings is 2. The van der Waals surface area contributed by atoms with Crippen molar-refractivity contribution in [3.63, 3.8) is 0 Å². The van der Waals surface area contributed by atoms with Crippen LogP contribution in [0.25, 0.3) is 11.1 Å². The van der Waals surface area contributed by atoms with E-state index in [9.17, 15) is 14.7 Å². The van der Waals surface area contributed by atoms with Crippen molar-refractivity contribution in [2.45, 2.75) is 31.5 Å². The summed E-state index contributed by atoms with van der Waals surface area (Å²) in [6.07, 6.45) is 0. The Hall–Kier alpha value is -2.74. The lowest BCUT2D eigenvalue weighted by atomic mass is 9.90. The Morgan fingerprint density at radius 2 is 1.74 bits per heavy atom. The molecule has 2 atom stereocenters. The SMILES string of the molecule is CN1C(=O)c2ccc(-c3ccc(C4NNNC4C(=O)O)cc3)cc2C1(C)C. The second-order valence-corrected chi connectivity index (χ2v) is 7.51. The molecule has 0 spiro atoms. The molecule has 2 unspecified atom stereocenters. The smallest absolute Gasteiger partial charge is 0.324 e. The minimum Gasteiger partial charge on any atom is -0.480 e. The molecule has 1 fully saturated rings. The lowest BCUT2D eigenvalue weighted by Crippen LogP contribution is -2.38. The predicted octanol–water partition coefficient (Wildman–Crippen LogP) is 1.78. The van der Waals surface area contributed by atoms with Gasteiger partial charge in [0.1, 0.15) is 6.04 Å². The van der Waals surface area contributed by atoms with Gasteiger partial charge in [-0.15, -0.1) is 0 Å². The van der Waals surface area contributed by atoms with Crippen molar-refractivity contribution in [1.82, 2.24) is 21.3 Å². The number of hydrazine groups is 2. The van der Waals surface area contributed by atoms with Gasteiger partial charge < -0.3 is 10.0 Å². The van der Waals surface area contributed by atoms with Crippen LogP contribution in [0.15, 0.2) is 42.5 Å². The van der Waals surface area contributed by atoms with E-state index in [4.69, 9.17) is 0 Å². The molecule has 4 rings (SSSR count). The van der Waals surface area contributed by atoms with Gasteiger partial charge >= 0.3 is 5.97 Å². The monoisotopic (exact) mass is 366 g/mol. The van der Waals surface area contributed by atoms with Crippen molar-refractivity contribution in [3.8, 4) is 11.1 Å². The van der Waals surface area contributed by atoms with E-state index in [1.54, 1.807) is 4.90 Å². The van der Waals surface area contributed by atoms with Gasteiger partial charge in [-0.25, -0.2) is 10.9 Å². The molecule has 140 valence electrons. The van der Waals surface area contributed by atoms with Crippen LogP contribution in [-0.2, 0) is 10.3 Å². The fourth-order valence-electron chi connectivity index (χ4n) is 3.76. The van der Waals surface area contributed by atoms with Gasteiger partial charge in [0, 0.05) is 12.6 Å². The Morgan fingerprint density at radius 3 is 2.41 bits per heavy atom. The predicted molar refractivity (Wildman–Crippen MR) is 101 cm³/mol. The number of hydrogen-bond donors (Lipinski definition) is 4. The third-order valence-electron chi connectivity index (χ3n) is 5.71. The quantitative estimate of drug-likeness (QED) is 0.662. The number of hydrogen-bond acceptors (Lipinski definition) is 5. The fraction of sp³-hybridized carbons (Fsp3) is 0.300. The average molecular weight is 366 g/mol. The second-order valence-electron chi connectivity index (χ2n) is 7.51. The first-order chi connectivity index (χ1) is 12.8. The van der Waals surface area contributed by atoms with Gasteiger partial charge in [0.15, 0.2) is 0 Å². The number of nitrogens with zero attached hydrogens (tertiary/aromatic N) is 1. The van der Waals surface area contributed by atoms with E-state index < -0.39 is 12.0 Å². The molecule has 4 N–H and O–H groups in total. The van der Waals surface area contributed by atoms with Crippen LogP contribution in [0.2, 0.25) is 0 Å². The average Bonchev–Trinajstić information content (AvgIpc) is 3.21. The van der Waals surface area contributed by atoms with Crippen molar-refractivity contribution in [1.29, 1.82) is 0 Å². The van der Waals surface area contributed by atoms with E-state index in [1.165, 1.54) is 0 Å². The first kappa shape index (κ1) is 17.7. The van der Waals surface area contributed by atoms with Crippen LogP contribution in [0, 0.1) is 0 Å². The van der Waals surface area contributed by atoms with Crippen molar-refractivity contribution < 1.29 is 14.7 Å². The number of carboxylic acid groups (broad SMARTS) is 1. The van der Waals surface area contributed by atoms with E-state index in [0.717, 1.165) is 27.8 Å². The van der Waals surface area contributed by atoms with E-state index in [1.807, 2.05) is 57.3 Å². The molecule has 0 saturated carbocycles. The van der Waals surface area contributed by atoms with Gasteiger partial charge in [0.2, 0.25) is 0 Å². The summed E-state index contributed by atoms with van der Waals surface area (Å²) in [7, 11) is 1.83. The van der Waals surface area contributed by atoms with E-state index in [0.29, 0.717) is 0 Å². The van der Waals surface area contributed by atoms with Crippen LogP contribution in [0.3, 0.4) is 0 Å². The molecular formula is C20H22N4O3. The normalized spacial score (nSPS) is 23.5. The highest BCUT2D eigenvalue weighted by Gasteiger charge is 2.40. The van der Waals surface area contributed by atoms with Crippen molar-refractivity contribution in [2.75, 3.05) is 7.05 Å². The molecule has 2 aromatic carbocycles. The summed E-state index contributed by atoms with van der Waals surface area (Å²) >= 11 is 0. The lowest BCUT2D eigenvalue weighted by molar-refractivity contribution is -0.139. The zero-order valence-electron chi connectivity index (χ0n) is 15.4. The van der Waals surface area contributed by atoms with Crippen LogP contribution in [0.1, 0.15) is 41.4 Å². The number of carbonyl (C=O) groups excluding carboxylic acids is 1. The first-order valence-electron chi connectivity index (χ1n) is 8.82. The highest BCUT2D eigenvalue weighted by Crippen LogP contribution is 2.39. The molecule has 2 aliphatic rings. The first-order valence-corrected chi connectivity index (χ1v) is 8.82. The number of fused-ring (bicyclic) bond motifs is 1. The standard InChI is InChI=1S/C20H22N4O3/c1-20(2)15-10-13(8-9-14(15)18(25)24(20)3)11-4-6-12(7-5-11)16-17(19(26)27)22-23-21-16/h4-10,16-17,21-23H,1-3H3,(H,26,27). The molecular weight excluding hydrogens is 344 g/mol. The Kier molecular flexibility index (Phi) is 4.03. The van der Waals surface area contributed by atoms with Crippen LogP contribution in [0.4, 0.5) is 0 Å². The highest BCUT2D eigenvalue weighted by molar-refractivity contribution is 6.00. The van der Waals surface area contributed by atoms with Gasteiger partial charge in [-0.1, -0.05) is 30.3 Å². The third kappa shape index (κ3) is 2.71. The van der Waals surface area contributed by atoms with Gasteiger partial charge in [0.05, 0.1) is 11.6 Å². The Bertz CT molecular complexity index is 923. The molecule has 7 nitrogen and oxygen atoms in total. The number of carbonyl (C=O) groups is 2. The maximum atomic E-state index is 12.4. The maximum Gasteiger partial charge on any atom is 0.324 e. The summed E-state index contributed by atoms with van der Waals surface area (Å²) in [5.74, 6) is -0.875. The summed E-state index contributed by atoms with van der Waals surface area (Å²) in [6, 6.07) is 12.6. The molecule has 0 bridgehead atoms. The largest absolute Gasteiger partial charge is 0.480 e. The van der Waals surface area contributed by atoms with Gasteiger partial charge in [-0.05, 0) is 48.2 Å². The highest BCUT2D eigenvalue weighted by atomic mass is 16.4. The summed E-state index contributed by atoms with van der Waals surface area (Å²) < 4.78 is 0. The number of rotatable bonds is 3. The molecule has 27 heavy (non-hydrogen) atoms. The van der Waals surface area contributed by atoms with Gasteiger partial charge in [0.25, 0.3) is 5.91 Å². The summed E-state index contributed by atoms with van der Waals surface area (Å²) in [5.41, 5.74) is 12.7. The zero-order valence-corrected chi connectivity index (χ0v) is 15.4. The Balaban J connectivity index is 1.65. The molecule has 7 heteroatoms. The maximum absolute atomic E-state index is 12.4. The summed E-state index contributed by atoms with van der Waals surface area (Å²) in [6.45, 7) is 4.09. The zero-order chi connectivity index (χ0) is 19.3. The topological polar surface area (TPSA) is 93.7 Å². The Morgan fingerprint density at radius 1 is 1.07 bits per heavy atom. The lowest BCUT2D eigenvalue weighted by Gasteiger charge is -2.28. The van der Waals surface area contributed by atoms with Crippen molar-refractivity contribution >= 4 is 11.9 Å². The molecule has 2 aromatic rings. The van der Waals surface area contributed by atoms with E-state index in [2.05, 4.69) is 22.5 Å². The molecule has 2 aliphatic heterocycles. The molecule has 0 aromatic heterocycles. The minimum absolute atomic E-state index is 0.0453. The van der Waals surface area contributed by atoms with Gasteiger partial charge in [-0.2, -0.15) is 5.53 Å². The van der Waals surface area contributed by atoms with Crippen molar-refractivity contribution in [2.24, 2.45) is 0 Å². The molecule has 1 saturated heterocycles. The summed E-state index contributed by atoms with van der Waals surface area (Å²) in [4.78, 5) is 25.5. The van der Waals surface area contributed by atoms with Crippen LogP contribution in [0.5, 0.6) is 0 Å². The minimum atomic E-state index is -0.920. The number of aliphatic carboxylic acids is 1. The van der Waals surface area contributed by atoms with Crippen LogP contribution < -0.4 is 16.4 Å².